The normalized spacial score (nSPS) is 14.9. The van der Waals surface area contributed by atoms with E-state index in [1.165, 1.54) is 19.3 Å². The van der Waals surface area contributed by atoms with Gasteiger partial charge < -0.3 is 14.8 Å². The number of amides is 3. The Morgan fingerprint density at radius 3 is 2.68 bits per heavy atom. The number of carbonyl (C=O) groups excluding carboxylic acids is 3. The predicted octanol–water partition coefficient (Wildman–Crippen LogP) is 3.20. The van der Waals surface area contributed by atoms with Crippen molar-refractivity contribution >= 4 is 34.9 Å². The first-order valence-corrected chi connectivity index (χ1v) is 10.3. The summed E-state index contributed by atoms with van der Waals surface area (Å²) in [7, 11) is 1.51. The number of thioether (sulfide) groups is 1. The van der Waals surface area contributed by atoms with Crippen molar-refractivity contribution < 1.29 is 28.2 Å². The topological polar surface area (TPSA) is 84.9 Å². The van der Waals surface area contributed by atoms with Gasteiger partial charge >= 0.3 is 0 Å². The molecule has 0 aromatic heterocycles. The van der Waals surface area contributed by atoms with Gasteiger partial charge in [-0.25, -0.2) is 4.39 Å². The van der Waals surface area contributed by atoms with Gasteiger partial charge in [0.1, 0.15) is 24.7 Å². The number of nitrogens with one attached hydrogen (secondary N) is 1. The lowest BCUT2D eigenvalue weighted by molar-refractivity contribution is -0.129. The highest BCUT2D eigenvalue weighted by molar-refractivity contribution is 8.18. The zero-order valence-electron chi connectivity index (χ0n) is 16.8. The molecule has 1 aliphatic rings. The van der Waals surface area contributed by atoms with Gasteiger partial charge in [-0.2, -0.15) is 0 Å². The zero-order valence-corrected chi connectivity index (χ0v) is 17.6. The molecule has 1 saturated heterocycles. The molecule has 2 aromatic rings. The Labute approximate surface area is 183 Å². The lowest BCUT2D eigenvalue weighted by atomic mass is 10.1. The van der Waals surface area contributed by atoms with Crippen LogP contribution in [0.4, 0.5) is 9.18 Å². The molecule has 1 aliphatic heterocycles. The average Bonchev–Trinajstić information content (AvgIpc) is 3.01. The smallest absolute Gasteiger partial charge is 0.294 e. The fourth-order valence-electron chi connectivity index (χ4n) is 2.77. The van der Waals surface area contributed by atoms with Crippen LogP contribution in [0.1, 0.15) is 11.1 Å². The zero-order chi connectivity index (χ0) is 22.2. The van der Waals surface area contributed by atoms with E-state index in [-0.39, 0.29) is 30.4 Å². The Hall–Kier alpha value is -3.17. The number of methoxy groups -OCH3 is 1. The maximum atomic E-state index is 13.8. The highest BCUT2D eigenvalue weighted by atomic mass is 32.2. The molecule has 3 rings (SSSR count). The van der Waals surface area contributed by atoms with Gasteiger partial charge in [-0.3, -0.25) is 19.3 Å². The molecule has 0 unspecified atom stereocenters. The second-order valence-electron chi connectivity index (χ2n) is 6.53. The lowest BCUT2D eigenvalue weighted by Crippen LogP contribution is -2.40. The van der Waals surface area contributed by atoms with Crippen LogP contribution >= 0.6 is 11.8 Å². The van der Waals surface area contributed by atoms with Gasteiger partial charge in [-0.15, -0.1) is 0 Å². The number of ether oxygens (including phenoxy) is 2. The van der Waals surface area contributed by atoms with Crippen LogP contribution in [-0.2, 0) is 20.9 Å². The monoisotopic (exact) mass is 444 g/mol. The van der Waals surface area contributed by atoms with Crippen molar-refractivity contribution in [1.29, 1.82) is 0 Å². The fraction of sp³-hybridized carbons (Fsp3) is 0.227. The molecule has 31 heavy (non-hydrogen) atoms. The van der Waals surface area contributed by atoms with E-state index in [2.05, 4.69) is 5.32 Å². The first kappa shape index (κ1) is 22.5. The van der Waals surface area contributed by atoms with Crippen molar-refractivity contribution in [1.82, 2.24) is 10.2 Å². The van der Waals surface area contributed by atoms with E-state index < -0.39 is 17.1 Å². The molecule has 0 radical (unpaired) electrons. The lowest BCUT2D eigenvalue weighted by Gasteiger charge is -2.12. The summed E-state index contributed by atoms with van der Waals surface area (Å²) in [5.41, 5.74) is 0.964. The number of para-hydroxylation sites is 1. The number of carbonyl (C=O) groups is 3. The third-order valence-corrected chi connectivity index (χ3v) is 5.26. The van der Waals surface area contributed by atoms with Crippen LogP contribution in [0.2, 0.25) is 0 Å². The number of rotatable bonds is 9. The van der Waals surface area contributed by atoms with Crippen molar-refractivity contribution in [2.45, 2.75) is 6.61 Å². The van der Waals surface area contributed by atoms with Crippen LogP contribution < -0.4 is 10.1 Å². The third kappa shape index (κ3) is 5.93. The van der Waals surface area contributed by atoms with E-state index in [1.54, 1.807) is 42.5 Å². The summed E-state index contributed by atoms with van der Waals surface area (Å²) in [4.78, 5) is 37.9. The summed E-state index contributed by atoms with van der Waals surface area (Å²) >= 11 is 0.751. The number of nitrogens with zero attached hydrogens (tertiary/aromatic N) is 1. The van der Waals surface area contributed by atoms with Gasteiger partial charge in [0.2, 0.25) is 5.91 Å². The molecule has 0 atom stereocenters. The minimum atomic E-state index is -0.555. The predicted molar refractivity (Wildman–Crippen MR) is 115 cm³/mol. The molecule has 162 valence electrons. The molecule has 1 heterocycles. The van der Waals surface area contributed by atoms with E-state index in [0.29, 0.717) is 23.5 Å². The number of benzene rings is 2. The number of imide groups is 1. The second-order valence-corrected chi connectivity index (χ2v) is 7.52. The maximum Gasteiger partial charge on any atom is 0.294 e. The van der Waals surface area contributed by atoms with Crippen LogP contribution in [0.3, 0.4) is 0 Å². The summed E-state index contributed by atoms with van der Waals surface area (Å²) < 4.78 is 24.4. The highest BCUT2D eigenvalue weighted by Gasteiger charge is 2.36. The van der Waals surface area contributed by atoms with Crippen LogP contribution in [0.15, 0.2) is 53.4 Å². The van der Waals surface area contributed by atoms with Gasteiger partial charge in [0.15, 0.2) is 0 Å². The Morgan fingerprint density at radius 2 is 1.90 bits per heavy atom. The molecular formula is C22H21FN2O5S. The van der Waals surface area contributed by atoms with Gasteiger partial charge in [-0.1, -0.05) is 36.4 Å². The van der Waals surface area contributed by atoms with Crippen LogP contribution in [0.5, 0.6) is 5.75 Å². The van der Waals surface area contributed by atoms with Crippen LogP contribution in [0.25, 0.3) is 6.08 Å². The van der Waals surface area contributed by atoms with E-state index in [0.717, 1.165) is 16.7 Å². The Morgan fingerprint density at radius 1 is 1.16 bits per heavy atom. The SMILES string of the molecule is COCCNC(=O)CN1C(=O)S/C(=C\c2ccccc2OCc2ccccc2F)C1=O. The number of hydrogen-bond acceptors (Lipinski definition) is 6. The highest BCUT2D eigenvalue weighted by Crippen LogP contribution is 2.34. The van der Waals surface area contributed by atoms with E-state index in [4.69, 9.17) is 9.47 Å². The molecule has 0 spiro atoms. The number of hydrogen-bond donors (Lipinski definition) is 1. The molecule has 3 amide bonds. The van der Waals surface area contributed by atoms with Gasteiger partial charge in [0.25, 0.3) is 11.1 Å². The van der Waals surface area contributed by atoms with Crippen LogP contribution in [0, 0.1) is 5.82 Å². The van der Waals surface area contributed by atoms with E-state index in [1.807, 2.05) is 0 Å². The summed E-state index contributed by atoms with van der Waals surface area (Å²) in [5, 5.41) is 2.05. The summed E-state index contributed by atoms with van der Waals surface area (Å²) in [5.74, 6) is -0.935. The van der Waals surface area contributed by atoms with Crippen LogP contribution in [-0.4, -0.2) is 48.8 Å². The van der Waals surface area contributed by atoms with Gasteiger partial charge in [0, 0.05) is 24.8 Å². The molecule has 7 nitrogen and oxygen atoms in total. The second kappa shape index (κ2) is 10.7. The summed E-state index contributed by atoms with van der Waals surface area (Å²) in [6, 6.07) is 13.2. The molecule has 2 aromatic carbocycles. The Kier molecular flexibility index (Phi) is 7.80. The fourth-order valence-corrected chi connectivity index (χ4v) is 3.60. The molecule has 1 N–H and O–H groups in total. The molecule has 1 fully saturated rings. The molecule has 9 heteroatoms. The molecule has 0 aliphatic carbocycles. The summed E-state index contributed by atoms with van der Waals surface area (Å²) in [6.45, 7) is 0.267. The standard InChI is InChI=1S/C22H21FN2O5S/c1-29-11-10-24-20(26)13-25-21(27)19(31-22(25)28)12-15-6-3-5-9-18(15)30-14-16-7-2-4-8-17(16)23/h2-9,12H,10-11,13-14H2,1H3,(H,24,26)/b19-12-. The minimum Gasteiger partial charge on any atom is -0.488 e. The van der Waals surface area contributed by atoms with Crippen molar-refractivity contribution in [2.24, 2.45) is 0 Å². The van der Waals surface area contributed by atoms with Crippen molar-refractivity contribution in [3.05, 3.63) is 70.4 Å². The van der Waals surface area contributed by atoms with Gasteiger partial charge in [0.05, 0.1) is 11.5 Å². The summed E-state index contributed by atoms with van der Waals surface area (Å²) in [6.07, 6.45) is 1.53. The van der Waals surface area contributed by atoms with Crippen molar-refractivity contribution in [3.63, 3.8) is 0 Å². The van der Waals surface area contributed by atoms with Crippen molar-refractivity contribution in [2.75, 3.05) is 26.8 Å². The molecular weight excluding hydrogens is 423 g/mol. The third-order valence-electron chi connectivity index (χ3n) is 4.35. The van der Waals surface area contributed by atoms with Gasteiger partial charge in [-0.05, 0) is 30.0 Å². The van der Waals surface area contributed by atoms with E-state index >= 15 is 0 Å². The Balaban J connectivity index is 1.70. The first-order valence-electron chi connectivity index (χ1n) is 9.46. The largest absolute Gasteiger partial charge is 0.488 e. The first-order chi connectivity index (χ1) is 15.0. The molecule has 0 saturated carbocycles. The average molecular weight is 444 g/mol. The van der Waals surface area contributed by atoms with E-state index in [9.17, 15) is 18.8 Å². The Bertz CT molecular complexity index is 1010. The number of halogens is 1. The quantitative estimate of drug-likeness (QED) is 0.472. The van der Waals surface area contributed by atoms with Crippen molar-refractivity contribution in [3.8, 4) is 5.75 Å². The maximum absolute atomic E-state index is 13.8. The molecule has 0 bridgehead atoms. The minimum absolute atomic E-state index is 0.0145.